The summed E-state index contributed by atoms with van der Waals surface area (Å²) in [7, 11) is -3.60. The van der Waals surface area contributed by atoms with E-state index in [1.807, 2.05) is 35.1 Å². The van der Waals surface area contributed by atoms with E-state index in [1.165, 1.54) is 0 Å². The van der Waals surface area contributed by atoms with Crippen LogP contribution in [-0.2, 0) is 10.0 Å². The molecule has 6 nitrogen and oxygen atoms in total. The molecule has 1 aromatic carbocycles. The molecule has 2 rings (SSSR count). The van der Waals surface area contributed by atoms with Gasteiger partial charge in [-0.15, -0.1) is 0 Å². The number of benzene rings is 1. The highest BCUT2D eigenvalue weighted by atomic mass is 32.2. The van der Waals surface area contributed by atoms with Gasteiger partial charge in [0.2, 0.25) is 10.0 Å². The zero-order chi connectivity index (χ0) is 15.5. The minimum Gasteiger partial charge on any atom is -0.266 e. The van der Waals surface area contributed by atoms with Gasteiger partial charge in [-0.3, -0.25) is 4.79 Å². The summed E-state index contributed by atoms with van der Waals surface area (Å²) in [6.45, 7) is 3.54. The molecule has 1 N–H and O–H groups in total. The lowest BCUT2D eigenvalue weighted by Crippen LogP contribution is -2.32. The van der Waals surface area contributed by atoms with E-state index < -0.39 is 15.9 Å². The van der Waals surface area contributed by atoms with Gasteiger partial charge in [0.1, 0.15) is 0 Å². The molecule has 2 aromatic rings. The number of aromatic nitrogens is 2. The SMILES string of the molecule is CCCS(=O)(=O)NC(=O)c1cc(C)n(-c2ccccc2)n1. The van der Waals surface area contributed by atoms with E-state index in [1.54, 1.807) is 24.6 Å². The largest absolute Gasteiger partial charge is 0.285 e. The van der Waals surface area contributed by atoms with Crippen LogP contribution < -0.4 is 4.72 Å². The summed E-state index contributed by atoms with van der Waals surface area (Å²) in [6, 6.07) is 10.9. The van der Waals surface area contributed by atoms with Crippen molar-refractivity contribution in [3.63, 3.8) is 0 Å². The Morgan fingerprint density at radius 3 is 2.57 bits per heavy atom. The molecule has 0 saturated heterocycles. The zero-order valence-corrected chi connectivity index (χ0v) is 12.7. The first-order valence-corrected chi connectivity index (χ1v) is 8.25. The van der Waals surface area contributed by atoms with Crippen LogP contribution in [0.3, 0.4) is 0 Å². The number of nitrogens with zero attached hydrogens (tertiary/aromatic N) is 2. The minimum absolute atomic E-state index is 0.0797. The van der Waals surface area contributed by atoms with E-state index >= 15 is 0 Å². The molecule has 0 atom stereocenters. The lowest BCUT2D eigenvalue weighted by molar-refractivity contribution is 0.0976. The predicted octanol–water partition coefficient (Wildman–Crippen LogP) is 1.65. The van der Waals surface area contributed by atoms with Crippen molar-refractivity contribution < 1.29 is 13.2 Å². The lowest BCUT2D eigenvalue weighted by Gasteiger charge is -2.04. The summed E-state index contributed by atoms with van der Waals surface area (Å²) in [6.07, 6.45) is 0.445. The number of carbonyl (C=O) groups is 1. The standard InChI is InChI=1S/C14H17N3O3S/c1-3-9-21(19,20)16-14(18)13-10-11(2)17(15-13)12-7-5-4-6-8-12/h4-8,10H,3,9H2,1-2H3,(H,16,18). The maximum Gasteiger partial charge on any atom is 0.285 e. The molecule has 1 heterocycles. The third-order valence-electron chi connectivity index (χ3n) is 2.84. The molecule has 112 valence electrons. The first-order valence-electron chi connectivity index (χ1n) is 6.60. The van der Waals surface area contributed by atoms with Crippen LogP contribution in [0.25, 0.3) is 5.69 Å². The Hall–Kier alpha value is -2.15. The van der Waals surface area contributed by atoms with Crippen molar-refractivity contribution in [2.24, 2.45) is 0 Å². The molecule has 1 amide bonds. The Bertz CT molecular complexity index is 736. The van der Waals surface area contributed by atoms with Crippen LogP contribution in [0.2, 0.25) is 0 Å². The third kappa shape index (κ3) is 3.69. The highest BCUT2D eigenvalue weighted by Crippen LogP contribution is 2.11. The van der Waals surface area contributed by atoms with Gasteiger partial charge in [0.25, 0.3) is 5.91 Å². The van der Waals surface area contributed by atoms with Crippen LogP contribution in [0, 0.1) is 6.92 Å². The summed E-state index contributed by atoms with van der Waals surface area (Å²) < 4.78 is 26.8. The van der Waals surface area contributed by atoms with Crippen molar-refractivity contribution in [1.29, 1.82) is 0 Å². The second kappa shape index (κ2) is 6.09. The van der Waals surface area contributed by atoms with Crippen molar-refractivity contribution >= 4 is 15.9 Å². The molecule has 0 aliphatic carbocycles. The molecule has 7 heteroatoms. The Kier molecular flexibility index (Phi) is 4.42. The van der Waals surface area contributed by atoms with Gasteiger partial charge in [-0.2, -0.15) is 5.10 Å². The number of rotatable bonds is 5. The van der Waals surface area contributed by atoms with Crippen molar-refractivity contribution in [3.05, 3.63) is 47.8 Å². The van der Waals surface area contributed by atoms with E-state index in [9.17, 15) is 13.2 Å². The molecule has 0 bridgehead atoms. The molecular formula is C14H17N3O3S. The summed E-state index contributed by atoms with van der Waals surface area (Å²) in [5, 5.41) is 4.16. The van der Waals surface area contributed by atoms with E-state index in [0.29, 0.717) is 6.42 Å². The van der Waals surface area contributed by atoms with E-state index in [-0.39, 0.29) is 11.4 Å². The molecule has 1 aromatic heterocycles. The normalized spacial score (nSPS) is 11.3. The topological polar surface area (TPSA) is 81.1 Å². The van der Waals surface area contributed by atoms with Crippen molar-refractivity contribution in [2.75, 3.05) is 5.75 Å². The summed E-state index contributed by atoms with van der Waals surface area (Å²) in [5.41, 5.74) is 1.64. The monoisotopic (exact) mass is 307 g/mol. The van der Waals surface area contributed by atoms with Crippen LogP contribution in [0.1, 0.15) is 29.5 Å². The number of hydrogen-bond acceptors (Lipinski definition) is 4. The van der Waals surface area contributed by atoms with Crippen LogP contribution in [0.4, 0.5) is 0 Å². The molecular weight excluding hydrogens is 290 g/mol. The average Bonchev–Trinajstić information content (AvgIpc) is 2.81. The maximum absolute atomic E-state index is 12.0. The van der Waals surface area contributed by atoms with Crippen LogP contribution in [0.15, 0.2) is 36.4 Å². The molecule has 0 spiro atoms. The fraction of sp³-hybridized carbons (Fsp3) is 0.286. The lowest BCUT2D eigenvalue weighted by atomic mass is 10.3. The summed E-state index contributed by atoms with van der Waals surface area (Å²) in [4.78, 5) is 12.0. The third-order valence-corrected chi connectivity index (χ3v) is 4.28. The van der Waals surface area contributed by atoms with Gasteiger partial charge < -0.3 is 0 Å². The van der Waals surface area contributed by atoms with Crippen LogP contribution >= 0.6 is 0 Å². The number of nitrogens with one attached hydrogen (secondary N) is 1. The highest BCUT2D eigenvalue weighted by Gasteiger charge is 2.18. The van der Waals surface area contributed by atoms with Crippen molar-refractivity contribution in [1.82, 2.24) is 14.5 Å². The van der Waals surface area contributed by atoms with Crippen LogP contribution in [0.5, 0.6) is 0 Å². The average molecular weight is 307 g/mol. The maximum atomic E-state index is 12.0. The van der Waals surface area contributed by atoms with Gasteiger partial charge in [-0.1, -0.05) is 25.1 Å². The van der Waals surface area contributed by atoms with Gasteiger partial charge in [0.05, 0.1) is 11.4 Å². The molecule has 0 radical (unpaired) electrons. The summed E-state index contributed by atoms with van der Waals surface area (Å²) >= 11 is 0. The quantitative estimate of drug-likeness (QED) is 0.910. The number of aryl methyl sites for hydroxylation is 1. The number of para-hydroxylation sites is 1. The first kappa shape index (κ1) is 15.2. The van der Waals surface area contributed by atoms with Crippen molar-refractivity contribution in [2.45, 2.75) is 20.3 Å². The van der Waals surface area contributed by atoms with Crippen LogP contribution in [-0.4, -0.2) is 29.9 Å². The Balaban J connectivity index is 2.25. The van der Waals surface area contributed by atoms with Gasteiger partial charge in [0, 0.05) is 5.69 Å². The molecule has 0 saturated carbocycles. The smallest absolute Gasteiger partial charge is 0.266 e. The minimum atomic E-state index is -3.60. The highest BCUT2D eigenvalue weighted by molar-refractivity contribution is 7.90. The second-order valence-corrected chi connectivity index (χ2v) is 6.51. The van der Waals surface area contributed by atoms with Gasteiger partial charge >= 0.3 is 0 Å². The zero-order valence-electron chi connectivity index (χ0n) is 11.9. The van der Waals surface area contributed by atoms with E-state index in [2.05, 4.69) is 5.10 Å². The van der Waals surface area contributed by atoms with E-state index in [0.717, 1.165) is 11.4 Å². The molecule has 0 fully saturated rings. The van der Waals surface area contributed by atoms with Gasteiger partial charge in [0.15, 0.2) is 5.69 Å². The van der Waals surface area contributed by atoms with E-state index in [4.69, 9.17) is 0 Å². The van der Waals surface area contributed by atoms with Gasteiger partial charge in [-0.05, 0) is 31.5 Å². The first-order chi connectivity index (χ1) is 9.93. The van der Waals surface area contributed by atoms with Gasteiger partial charge in [-0.25, -0.2) is 17.8 Å². The number of amides is 1. The second-order valence-electron chi connectivity index (χ2n) is 4.67. The molecule has 0 aliphatic rings. The van der Waals surface area contributed by atoms with Crippen molar-refractivity contribution in [3.8, 4) is 5.69 Å². The number of hydrogen-bond donors (Lipinski definition) is 1. The fourth-order valence-electron chi connectivity index (χ4n) is 1.93. The predicted molar refractivity (Wildman–Crippen MR) is 79.8 cm³/mol. The Labute approximate surface area is 123 Å². The molecule has 0 aliphatic heterocycles. The number of sulfonamides is 1. The Morgan fingerprint density at radius 1 is 1.29 bits per heavy atom. The molecule has 0 unspecified atom stereocenters. The Morgan fingerprint density at radius 2 is 1.95 bits per heavy atom. The fourth-order valence-corrected chi connectivity index (χ4v) is 2.96. The summed E-state index contributed by atoms with van der Waals surface area (Å²) in [5.74, 6) is -0.793. The number of carbonyl (C=O) groups excluding carboxylic acids is 1. The molecule has 21 heavy (non-hydrogen) atoms.